The number of pyridine rings is 1. The standard InChI is InChI=1S/C24H21N5O3/c1-17-10-12-20(13-11-17)29-24(32)28(16-18-7-3-2-4-8-18)23(31)21(27-29)22(30)26-15-19-9-5-6-14-25-19/h2-14H,15-16H2,1H3,(H,26,30). The fraction of sp³-hybridized carbons (Fsp3) is 0.125. The Morgan fingerprint density at radius 1 is 0.938 bits per heavy atom. The summed E-state index contributed by atoms with van der Waals surface area (Å²) in [5.74, 6) is -0.677. The molecule has 8 nitrogen and oxygen atoms in total. The third-order valence-electron chi connectivity index (χ3n) is 4.89. The van der Waals surface area contributed by atoms with Crippen LogP contribution in [0.3, 0.4) is 0 Å². The Morgan fingerprint density at radius 3 is 2.34 bits per heavy atom. The Bertz CT molecular complexity index is 1340. The molecule has 2 heterocycles. The minimum absolute atomic E-state index is 0.0212. The van der Waals surface area contributed by atoms with Crippen LogP contribution >= 0.6 is 0 Å². The van der Waals surface area contributed by atoms with Crippen LogP contribution in [-0.2, 0) is 13.1 Å². The van der Waals surface area contributed by atoms with Crippen LogP contribution in [0.4, 0.5) is 0 Å². The van der Waals surface area contributed by atoms with Crippen molar-refractivity contribution >= 4 is 5.91 Å². The summed E-state index contributed by atoms with van der Waals surface area (Å²) in [6, 6.07) is 21.5. The molecule has 0 atom stereocenters. The molecule has 0 unspecified atom stereocenters. The number of nitrogens with zero attached hydrogens (tertiary/aromatic N) is 4. The van der Waals surface area contributed by atoms with Gasteiger partial charge in [0.15, 0.2) is 0 Å². The van der Waals surface area contributed by atoms with Crippen molar-refractivity contribution in [3.05, 3.63) is 122 Å². The molecule has 0 fully saturated rings. The van der Waals surface area contributed by atoms with Gasteiger partial charge in [0.05, 0.1) is 24.5 Å². The third-order valence-corrected chi connectivity index (χ3v) is 4.89. The summed E-state index contributed by atoms with van der Waals surface area (Å²) in [5, 5.41) is 6.79. The van der Waals surface area contributed by atoms with Gasteiger partial charge in [0, 0.05) is 6.20 Å². The molecule has 0 saturated heterocycles. The molecule has 2 aromatic carbocycles. The maximum absolute atomic E-state index is 13.2. The molecule has 0 radical (unpaired) electrons. The summed E-state index contributed by atoms with van der Waals surface area (Å²) in [6.45, 7) is 2.07. The molecule has 2 aromatic heterocycles. The SMILES string of the molecule is Cc1ccc(-n2nc(C(=O)NCc3ccccn3)c(=O)n(Cc3ccccc3)c2=O)cc1. The largest absolute Gasteiger partial charge is 0.352 e. The predicted octanol–water partition coefficient (Wildman–Crippen LogP) is 2.08. The van der Waals surface area contributed by atoms with E-state index in [2.05, 4.69) is 15.4 Å². The maximum atomic E-state index is 13.2. The number of hydrogen-bond donors (Lipinski definition) is 1. The Balaban J connectivity index is 1.77. The van der Waals surface area contributed by atoms with E-state index in [1.54, 1.807) is 36.5 Å². The molecule has 0 saturated carbocycles. The van der Waals surface area contributed by atoms with Crippen molar-refractivity contribution in [3.8, 4) is 5.69 Å². The third kappa shape index (κ3) is 4.54. The molecule has 1 amide bonds. The molecular weight excluding hydrogens is 406 g/mol. The normalized spacial score (nSPS) is 10.7. The van der Waals surface area contributed by atoms with Crippen molar-refractivity contribution in [3.63, 3.8) is 0 Å². The molecule has 0 aliphatic carbocycles. The molecule has 0 aliphatic rings. The minimum Gasteiger partial charge on any atom is -0.345 e. The average molecular weight is 427 g/mol. The van der Waals surface area contributed by atoms with Gasteiger partial charge >= 0.3 is 5.69 Å². The first-order chi connectivity index (χ1) is 15.5. The maximum Gasteiger partial charge on any atom is 0.352 e. The van der Waals surface area contributed by atoms with Crippen molar-refractivity contribution in [2.75, 3.05) is 0 Å². The van der Waals surface area contributed by atoms with Crippen LogP contribution in [0, 0.1) is 6.92 Å². The average Bonchev–Trinajstić information content (AvgIpc) is 2.82. The summed E-state index contributed by atoms with van der Waals surface area (Å²) in [6.07, 6.45) is 1.62. The smallest absolute Gasteiger partial charge is 0.345 e. The molecule has 32 heavy (non-hydrogen) atoms. The van der Waals surface area contributed by atoms with Gasteiger partial charge in [0.2, 0.25) is 5.69 Å². The van der Waals surface area contributed by atoms with E-state index in [4.69, 9.17) is 0 Å². The number of nitrogens with one attached hydrogen (secondary N) is 1. The van der Waals surface area contributed by atoms with Crippen LogP contribution in [0.15, 0.2) is 88.6 Å². The number of amides is 1. The number of benzene rings is 2. The van der Waals surface area contributed by atoms with Gasteiger partial charge in [0.25, 0.3) is 11.5 Å². The lowest BCUT2D eigenvalue weighted by atomic mass is 10.2. The Hall–Kier alpha value is -4.33. The summed E-state index contributed by atoms with van der Waals surface area (Å²) in [7, 11) is 0. The molecule has 0 aliphatic heterocycles. The van der Waals surface area contributed by atoms with Crippen LogP contribution in [0.1, 0.15) is 27.3 Å². The highest BCUT2D eigenvalue weighted by Gasteiger charge is 2.20. The van der Waals surface area contributed by atoms with Gasteiger partial charge < -0.3 is 5.32 Å². The van der Waals surface area contributed by atoms with Gasteiger partial charge in [-0.1, -0.05) is 54.1 Å². The van der Waals surface area contributed by atoms with Crippen LogP contribution in [-0.4, -0.2) is 25.2 Å². The van der Waals surface area contributed by atoms with E-state index >= 15 is 0 Å². The Labute approximate surface area is 183 Å². The fourth-order valence-corrected chi connectivity index (χ4v) is 3.17. The van der Waals surface area contributed by atoms with Gasteiger partial charge in [-0.15, -0.1) is 0 Å². The molecule has 4 rings (SSSR count). The van der Waals surface area contributed by atoms with Crippen LogP contribution < -0.4 is 16.6 Å². The van der Waals surface area contributed by atoms with Gasteiger partial charge in [-0.2, -0.15) is 9.78 Å². The second kappa shape index (κ2) is 9.22. The zero-order valence-corrected chi connectivity index (χ0v) is 17.4. The van der Waals surface area contributed by atoms with E-state index in [0.717, 1.165) is 20.4 Å². The number of carbonyl (C=O) groups excluding carboxylic acids is 1. The second-order valence-corrected chi connectivity index (χ2v) is 7.26. The molecule has 160 valence electrons. The number of rotatable bonds is 6. The van der Waals surface area contributed by atoms with Gasteiger partial charge in [-0.25, -0.2) is 4.79 Å². The van der Waals surface area contributed by atoms with Crippen molar-refractivity contribution < 1.29 is 4.79 Å². The second-order valence-electron chi connectivity index (χ2n) is 7.26. The first kappa shape index (κ1) is 20.9. The lowest BCUT2D eigenvalue weighted by molar-refractivity contribution is 0.0940. The van der Waals surface area contributed by atoms with E-state index in [1.807, 2.05) is 49.4 Å². The highest BCUT2D eigenvalue weighted by Crippen LogP contribution is 2.06. The van der Waals surface area contributed by atoms with Crippen molar-refractivity contribution in [1.29, 1.82) is 0 Å². The fourth-order valence-electron chi connectivity index (χ4n) is 3.17. The lowest BCUT2D eigenvalue weighted by Crippen LogP contribution is -2.46. The van der Waals surface area contributed by atoms with Gasteiger partial charge in [-0.3, -0.25) is 19.1 Å². The van der Waals surface area contributed by atoms with E-state index in [0.29, 0.717) is 11.4 Å². The highest BCUT2D eigenvalue weighted by molar-refractivity contribution is 5.91. The number of hydrogen-bond acceptors (Lipinski definition) is 5. The van der Waals surface area contributed by atoms with Crippen molar-refractivity contribution in [1.82, 2.24) is 24.6 Å². The first-order valence-corrected chi connectivity index (χ1v) is 10.1. The Morgan fingerprint density at radius 2 is 1.66 bits per heavy atom. The summed E-state index contributed by atoms with van der Waals surface area (Å²) >= 11 is 0. The summed E-state index contributed by atoms with van der Waals surface area (Å²) in [4.78, 5) is 43.3. The first-order valence-electron chi connectivity index (χ1n) is 10.1. The van der Waals surface area contributed by atoms with Crippen LogP contribution in [0.5, 0.6) is 0 Å². The number of aromatic nitrogens is 4. The topological polar surface area (TPSA) is 98.9 Å². The predicted molar refractivity (Wildman–Crippen MR) is 120 cm³/mol. The molecule has 8 heteroatoms. The van der Waals surface area contributed by atoms with E-state index in [1.165, 1.54) is 0 Å². The zero-order chi connectivity index (χ0) is 22.5. The molecule has 0 spiro atoms. The summed E-state index contributed by atoms with van der Waals surface area (Å²) in [5.41, 5.74) is 1.13. The lowest BCUT2D eigenvalue weighted by Gasteiger charge is -2.12. The molecular formula is C24H21N5O3. The van der Waals surface area contributed by atoms with E-state index < -0.39 is 17.2 Å². The van der Waals surface area contributed by atoms with Gasteiger partial charge in [-0.05, 0) is 36.8 Å². The van der Waals surface area contributed by atoms with Gasteiger partial charge in [0.1, 0.15) is 0 Å². The molecule has 1 N–H and O–H groups in total. The number of carbonyl (C=O) groups is 1. The Kier molecular flexibility index (Phi) is 6.03. The van der Waals surface area contributed by atoms with Crippen molar-refractivity contribution in [2.45, 2.75) is 20.0 Å². The number of aryl methyl sites for hydroxylation is 1. The molecule has 0 bridgehead atoms. The van der Waals surface area contributed by atoms with Crippen LogP contribution in [0.2, 0.25) is 0 Å². The zero-order valence-electron chi connectivity index (χ0n) is 17.4. The monoisotopic (exact) mass is 427 g/mol. The van der Waals surface area contributed by atoms with Crippen molar-refractivity contribution in [2.24, 2.45) is 0 Å². The summed E-state index contributed by atoms with van der Waals surface area (Å²) < 4.78 is 2.11. The van der Waals surface area contributed by atoms with Crippen LogP contribution in [0.25, 0.3) is 5.69 Å². The minimum atomic E-state index is -0.749. The van der Waals surface area contributed by atoms with E-state index in [-0.39, 0.29) is 18.8 Å². The highest BCUT2D eigenvalue weighted by atomic mass is 16.2. The quantitative estimate of drug-likeness (QED) is 0.508. The molecule has 4 aromatic rings. The van der Waals surface area contributed by atoms with E-state index in [9.17, 15) is 14.4 Å².